The minimum atomic E-state index is -0.319. The van der Waals surface area contributed by atoms with E-state index < -0.39 is 0 Å². The van der Waals surface area contributed by atoms with Gasteiger partial charge in [0.15, 0.2) is 0 Å². The van der Waals surface area contributed by atoms with E-state index in [1.807, 2.05) is 18.2 Å². The highest BCUT2D eigenvalue weighted by molar-refractivity contribution is 5.65. The average molecular weight is 139 g/mol. The molecule has 3 nitrogen and oxygen atoms in total. The van der Waals surface area contributed by atoms with E-state index in [0.29, 0.717) is 6.54 Å². The summed E-state index contributed by atoms with van der Waals surface area (Å²) >= 11 is 0. The van der Waals surface area contributed by atoms with Crippen molar-refractivity contribution in [1.82, 2.24) is 0 Å². The lowest BCUT2D eigenvalue weighted by molar-refractivity contribution is -0.768. The van der Waals surface area contributed by atoms with Crippen LogP contribution < -0.4 is 5.73 Å². The molecule has 0 saturated carbocycles. The van der Waals surface area contributed by atoms with Crippen LogP contribution >= 0.6 is 0 Å². The lowest BCUT2D eigenvalue weighted by Crippen LogP contribution is -2.48. The first kappa shape index (κ1) is 7.02. The van der Waals surface area contributed by atoms with Crippen molar-refractivity contribution < 1.29 is 9.28 Å². The number of carbonyl (C=O) groups excluding carboxylic acids is 1. The van der Waals surface area contributed by atoms with Gasteiger partial charge in [-0.25, -0.2) is 9.28 Å². The molecule has 1 rings (SSSR count). The molecule has 0 aromatic heterocycles. The number of nitrogens with zero attached hydrogens (tertiary/aromatic N) is 1. The molecule has 1 aliphatic rings. The lowest BCUT2D eigenvalue weighted by Gasteiger charge is -2.24. The number of hydrogen-bond acceptors (Lipinski definition) is 1. The van der Waals surface area contributed by atoms with E-state index in [4.69, 9.17) is 5.73 Å². The number of allylic oxidation sites excluding steroid dienone is 2. The van der Waals surface area contributed by atoms with Gasteiger partial charge in [0.25, 0.3) is 0 Å². The van der Waals surface area contributed by atoms with Crippen molar-refractivity contribution >= 4 is 6.03 Å². The van der Waals surface area contributed by atoms with Crippen LogP contribution in [0.4, 0.5) is 4.79 Å². The third-order valence-electron chi connectivity index (χ3n) is 1.65. The zero-order chi connectivity index (χ0) is 7.61. The Morgan fingerprint density at radius 3 is 2.60 bits per heavy atom. The smallest absolute Gasteiger partial charge is 0.319 e. The summed E-state index contributed by atoms with van der Waals surface area (Å²) in [6.07, 6.45) is 7.43. The van der Waals surface area contributed by atoms with Gasteiger partial charge in [0.1, 0.15) is 12.7 Å². The summed E-state index contributed by atoms with van der Waals surface area (Å²) in [5.74, 6) is 0. The number of nitrogens with two attached hydrogens (primary N) is 1. The van der Waals surface area contributed by atoms with E-state index in [0.717, 1.165) is 0 Å². The predicted octanol–water partition coefficient (Wildman–Crippen LogP) is 0.595. The maximum atomic E-state index is 10.8. The third kappa shape index (κ3) is 1.09. The quantitative estimate of drug-likeness (QED) is 0.490. The number of primary amides is 1. The topological polar surface area (TPSA) is 43.1 Å². The number of hydrogen-bond donors (Lipinski definition) is 1. The largest absolute Gasteiger partial charge is 0.418 e. The molecule has 0 spiro atoms. The van der Waals surface area contributed by atoms with Crippen LogP contribution in [0.5, 0.6) is 0 Å². The molecule has 0 fully saturated rings. The van der Waals surface area contributed by atoms with E-state index in [1.54, 1.807) is 13.2 Å². The summed E-state index contributed by atoms with van der Waals surface area (Å²) in [6, 6.07) is -0.319. The SMILES string of the molecule is C[N+]1(C(N)=O)C=CC=CC1. The molecule has 0 aromatic carbocycles. The van der Waals surface area contributed by atoms with Crippen LogP contribution in [-0.4, -0.2) is 24.1 Å². The number of likely N-dealkylation sites (N-methyl/N-ethyl adjacent to an activating group) is 1. The monoisotopic (exact) mass is 139 g/mol. The Labute approximate surface area is 60.0 Å². The fourth-order valence-electron chi connectivity index (χ4n) is 0.822. The highest BCUT2D eigenvalue weighted by atomic mass is 16.2. The maximum Gasteiger partial charge on any atom is 0.418 e. The van der Waals surface area contributed by atoms with Crippen LogP contribution in [-0.2, 0) is 0 Å². The number of carbonyl (C=O) groups is 1. The second kappa shape index (κ2) is 2.27. The number of quaternary nitrogens is 1. The van der Waals surface area contributed by atoms with E-state index in [2.05, 4.69) is 0 Å². The first-order valence-corrected chi connectivity index (χ1v) is 3.15. The van der Waals surface area contributed by atoms with Gasteiger partial charge in [-0.2, -0.15) is 0 Å². The van der Waals surface area contributed by atoms with Crippen LogP contribution in [0.1, 0.15) is 0 Å². The highest BCUT2D eigenvalue weighted by Crippen LogP contribution is 2.07. The number of amides is 2. The van der Waals surface area contributed by atoms with Crippen molar-refractivity contribution in [3.8, 4) is 0 Å². The summed E-state index contributed by atoms with van der Waals surface area (Å²) in [7, 11) is 1.78. The van der Waals surface area contributed by atoms with Gasteiger partial charge in [0.2, 0.25) is 0 Å². The van der Waals surface area contributed by atoms with E-state index in [9.17, 15) is 4.79 Å². The molecule has 2 amide bonds. The Kier molecular flexibility index (Phi) is 1.59. The van der Waals surface area contributed by atoms with Gasteiger partial charge in [-0.1, -0.05) is 6.08 Å². The zero-order valence-corrected chi connectivity index (χ0v) is 5.95. The van der Waals surface area contributed by atoms with E-state index in [-0.39, 0.29) is 10.5 Å². The van der Waals surface area contributed by atoms with E-state index in [1.165, 1.54) is 0 Å². The standard InChI is InChI=1S/C7H10N2O/c1-9(7(8)10)5-3-2-4-6-9/h2-5H,6H2,1H3,(H-,8,10)/p+1. The molecule has 0 saturated heterocycles. The van der Waals surface area contributed by atoms with Crippen molar-refractivity contribution in [2.24, 2.45) is 5.73 Å². The summed E-state index contributed by atoms with van der Waals surface area (Å²) in [6.45, 7) is 0.659. The second-order valence-electron chi connectivity index (χ2n) is 2.56. The van der Waals surface area contributed by atoms with Gasteiger partial charge in [-0.15, -0.1) is 0 Å². The highest BCUT2D eigenvalue weighted by Gasteiger charge is 2.25. The molecular formula is C7H11N2O+. The second-order valence-corrected chi connectivity index (χ2v) is 2.56. The van der Waals surface area contributed by atoms with Crippen LogP contribution in [0.15, 0.2) is 24.4 Å². The van der Waals surface area contributed by atoms with Crippen LogP contribution in [0, 0.1) is 0 Å². The molecule has 1 heterocycles. The van der Waals surface area contributed by atoms with E-state index >= 15 is 0 Å². The molecule has 0 aromatic rings. The third-order valence-corrected chi connectivity index (χ3v) is 1.65. The van der Waals surface area contributed by atoms with Crippen LogP contribution in [0.2, 0.25) is 0 Å². The number of rotatable bonds is 0. The zero-order valence-electron chi connectivity index (χ0n) is 5.95. The summed E-state index contributed by atoms with van der Waals surface area (Å²) in [5.41, 5.74) is 5.15. The van der Waals surface area contributed by atoms with Gasteiger partial charge in [0, 0.05) is 0 Å². The molecule has 3 heteroatoms. The van der Waals surface area contributed by atoms with Gasteiger partial charge in [-0.05, 0) is 12.2 Å². The molecule has 54 valence electrons. The first-order valence-electron chi connectivity index (χ1n) is 3.15. The molecule has 0 bridgehead atoms. The molecule has 1 aliphatic heterocycles. The molecular weight excluding hydrogens is 128 g/mol. The fourth-order valence-corrected chi connectivity index (χ4v) is 0.822. The molecule has 10 heavy (non-hydrogen) atoms. The molecule has 0 aliphatic carbocycles. The maximum absolute atomic E-state index is 10.8. The van der Waals surface area contributed by atoms with Crippen LogP contribution in [0.3, 0.4) is 0 Å². The average Bonchev–Trinajstić information content (AvgIpc) is 1.89. The molecule has 0 radical (unpaired) electrons. The summed E-state index contributed by atoms with van der Waals surface area (Å²) < 4.78 is 0.177. The molecule has 1 atom stereocenters. The van der Waals surface area contributed by atoms with Crippen molar-refractivity contribution in [2.45, 2.75) is 0 Å². The normalized spacial score (nSPS) is 30.5. The Balaban J connectivity index is 2.80. The Hall–Kier alpha value is -1.09. The van der Waals surface area contributed by atoms with Gasteiger partial charge in [0.05, 0.1) is 7.05 Å². The molecule has 1 unspecified atom stereocenters. The Morgan fingerprint density at radius 1 is 1.60 bits per heavy atom. The fraction of sp³-hybridized carbons (Fsp3) is 0.286. The van der Waals surface area contributed by atoms with Gasteiger partial charge >= 0.3 is 6.03 Å². The number of urea groups is 1. The van der Waals surface area contributed by atoms with Crippen molar-refractivity contribution in [2.75, 3.05) is 13.6 Å². The lowest BCUT2D eigenvalue weighted by atomic mass is 10.3. The first-order chi connectivity index (χ1) is 4.65. The minimum absolute atomic E-state index is 0.177. The van der Waals surface area contributed by atoms with Crippen molar-refractivity contribution in [3.05, 3.63) is 24.4 Å². The van der Waals surface area contributed by atoms with Gasteiger partial charge in [-0.3, -0.25) is 0 Å². The summed E-state index contributed by atoms with van der Waals surface area (Å²) in [4.78, 5) is 10.8. The minimum Gasteiger partial charge on any atom is -0.319 e. The Bertz CT molecular complexity index is 208. The van der Waals surface area contributed by atoms with Crippen molar-refractivity contribution in [3.63, 3.8) is 0 Å². The van der Waals surface area contributed by atoms with Crippen molar-refractivity contribution in [1.29, 1.82) is 0 Å². The Morgan fingerprint density at radius 2 is 2.30 bits per heavy atom. The van der Waals surface area contributed by atoms with Gasteiger partial charge < -0.3 is 5.73 Å². The summed E-state index contributed by atoms with van der Waals surface area (Å²) in [5, 5.41) is 0. The molecule has 2 N–H and O–H groups in total. The predicted molar refractivity (Wildman–Crippen MR) is 38.9 cm³/mol. The van der Waals surface area contributed by atoms with Crippen LogP contribution in [0.25, 0.3) is 0 Å².